The van der Waals surface area contributed by atoms with Crippen LogP contribution in [0.25, 0.3) is 0 Å². The van der Waals surface area contributed by atoms with Crippen molar-refractivity contribution in [2.24, 2.45) is 0 Å². The third-order valence-electron chi connectivity index (χ3n) is 2.88. The second-order valence-electron chi connectivity index (χ2n) is 5.60. The van der Waals surface area contributed by atoms with Gasteiger partial charge in [0.25, 0.3) is 0 Å². The fraction of sp³-hybridized carbons (Fsp3) is 0.538. The zero-order valence-electron chi connectivity index (χ0n) is 11.1. The lowest BCUT2D eigenvalue weighted by Crippen LogP contribution is -2.22. The molecule has 0 spiro atoms. The molecule has 0 saturated heterocycles. The Bertz CT molecular complexity index is 511. The van der Waals surface area contributed by atoms with E-state index in [1.807, 2.05) is 4.57 Å². The first-order valence-corrected chi connectivity index (χ1v) is 7.33. The number of rotatable bonds is 3. The zero-order chi connectivity index (χ0) is 13.3. The number of aromatic nitrogens is 3. The number of hydrogen-bond donors (Lipinski definition) is 0. The lowest BCUT2D eigenvalue weighted by molar-refractivity contribution is 0.450. The summed E-state index contributed by atoms with van der Waals surface area (Å²) in [6, 6.07) is 2.41. The van der Waals surface area contributed by atoms with Crippen LogP contribution in [0, 0.1) is 0 Å². The van der Waals surface area contributed by atoms with Crippen LogP contribution in [-0.4, -0.2) is 14.8 Å². The van der Waals surface area contributed by atoms with E-state index in [1.54, 1.807) is 11.3 Å². The molecule has 0 bridgehead atoms. The molecule has 0 amide bonds. The van der Waals surface area contributed by atoms with Gasteiger partial charge in [-0.1, -0.05) is 20.8 Å². The largest absolute Gasteiger partial charge is 0.298 e. The molecule has 2 rings (SSSR count). The van der Waals surface area contributed by atoms with Crippen molar-refractivity contribution in [3.63, 3.8) is 0 Å². The number of thiophene rings is 1. The van der Waals surface area contributed by atoms with E-state index < -0.39 is 0 Å². The van der Waals surface area contributed by atoms with E-state index in [0.29, 0.717) is 5.28 Å². The molecule has 0 radical (unpaired) electrons. The highest BCUT2D eigenvalue weighted by Gasteiger charge is 2.25. The molecule has 0 aromatic carbocycles. The molecule has 2 aromatic heterocycles. The van der Waals surface area contributed by atoms with Gasteiger partial charge in [-0.3, -0.25) is 4.57 Å². The van der Waals surface area contributed by atoms with E-state index in [2.05, 4.69) is 54.7 Å². The molecule has 18 heavy (non-hydrogen) atoms. The minimum atomic E-state index is -0.0525. The topological polar surface area (TPSA) is 30.7 Å². The maximum atomic E-state index is 6.18. The molecule has 0 aliphatic heterocycles. The fourth-order valence-corrected chi connectivity index (χ4v) is 2.98. The molecule has 98 valence electrons. The third kappa shape index (κ3) is 2.75. The van der Waals surface area contributed by atoms with Gasteiger partial charge in [-0.15, -0.1) is 10.2 Å². The first-order valence-electron chi connectivity index (χ1n) is 6.01. The maximum absolute atomic E-state index is 6.18. The van der Waals surface area contributed by atoms with Crippen LogP contribution in [0.3, 0.4) is 0 Å². The summed E-state index contributed by atoms with van der Waals surface area (Å²) in [5, 5.41) is 13.0. The van der Waals surface area contributed by atoms with Gasteiger partial charge in [0.15, 0.2) is 0 Å². The normalized spacial score (nSPS) is 13.8. The van der Waals surface area contributed by atoms with Gasteiger partial charge in [0, 0.05) is 11.5 Å². The number of hydrogen-bond acceptors (Lipinski definition) is 3. The standard InChI is InChI=1S/C13H18ClN3S/c1-9(7-10-5-6-18-8-10)17-11(13(2,3)4)15-16-12(17)14/h5-6,8-9H,7H2,1-4H3. The molecule has 0 N–H and O–H groups in total. The molecule has 1 atom stereocenters. The van der Waals surface area contributed by atoms with Gasteiger partial charge < -0.3 is 0 Å². The van der Waals surface area contributed by atoms with Crippen LogP contribution in [0.4, 0.5) is 0 Å². The Kier molecular flexibility index (Phi) is 3.78. The Labute approximate surface area is 117 Å². The summed E-state index contributed by atoms with van der Waals surface area (Å²) < 4.78 is 2.04. The second-order valence-corrected chi connectivity index (χ2v) is 6.72. The van der Waals surface area contributed by atoms with Crippen molar-refractivity contribution >= 4 is 22.9 Å². The smallest absolute Gasteiger partial charge is 0.225 e. The third-order valence-corrected chi connectivity index (χ3v) is 3.87. The van der Waals surface area contributed by atoms with Gasteiger partial charge in [-0.05, 0) is 47.3 Å². The average Bonchev–Trinajstić information content (AvgIpc) is 2.85. The quantitative estimate of drug-likeness (QED) is 0.849. The number of nitrogens with zero attached hydrogens (tertiary/aromatic N) is 3. The van der Waals surface area contributed by atoms with Crippen molar-refractivity contribution in [3.8, 4) is 0 Å². The molecule has 2 heterocycles. The summed E-state index contributed by atoms with van der Waals surface area (Å²) in [4.78, 5) is 0. The van der Waals surface area contributed by atoms with E-state index in [4.69, 9.17) is 11.6 Å². The molecule has 3 nitrogen and oxygen atoms in total. The molecule has 0 saturated carbocycles. The molecule has 1 unspecified atom stereocenters. The zero-order valence-corrected chi connectivity index (χ0v) is 12.7. The molecule has 2 aromatic rings. The molecule has 0 aliphatic carbocycles. The lowest BCUT2D eigenvalue weighted by Gasteiger charge is -2.23. The van der Waals surface area contributed by atoms with E-state index in [0.717, 1.165) is 12.2 Å². The summed E-state index contributed by atoms with van der Waals surface area (Å²) in [7, 11) is 0. The Morgan fingerprint density at radius 3 is 2.67 bits per heavy atom. The van der Waals surface area contributed by atoms with Crippen molar-refractivity contribution in [1.82, 2.24) is 14.8 Å². The van der Waals surface area contributed by atoms with Gasteiger partial charge in [-0.2, -0.15) is 11.3 Å². The molecule has 0 fully saturated rings. The molecular weight excluding hydrogens is 266 g/mol. The van der Waals surface area contributed by atoms with Crippen molar-refractivity contribution in [2.45, 2.75) is 45.6 Å². The first-order chi connectivity index (χ1) is 8.39. The highest BCUT2D eigenvalue weighted by molar-refractivity contribution is 7.07. The summed E-state index contributed by atoms with van der Waals surface area (Å²) in [6.45, 7) is 8.53. The summed E-state index contributed by atoms with van der Waals surface area (Å²) in [5.41, 5.74) is 1.28. The summed E-state index contributed by atoms with van der Waals surface area (Å²) >= 11 is 7.90. The highest BCUT2D eigenvalue weighted by Crippen LogP contribution is 2.28. The van der Waals surface area contributed by atoms with Crippen LogP contribution in [0.15, 0.2) is 16.8 Å². The summed E-state index contributed by atoms with van der Waals surface area (Å²) in [5.74, 6) is 0.940. The monoisotopic (exact) mass is 283 g/mol. The van der Waals surface area contributed by atoms with Gasteiger partial charge in [0.1, 0.15) is 5.82 Å². The Morgan fingerprint density at radius 2 is 2.11 bits per heavy atom. The Morgan fingerprint density at radius 1 is 1.39 bits per heavy atom. The second kappa shape index (κ2) is 5.02. The van der Waals surface area contributed by atoms with Crippen LogP contribution < -0.4 is 0 Å². The van der Waals surface area contributed by atoms with Crippen LogP contribution >= 0.6 is 22.9 Å². The fourth-order valence-electron chi connectivity index (χ4n) is 2.02. The minimum absolute atomic E-state index is 0.0525. The van der Waals surface area contributed by atoms with Crippen molar-refractivity contribution < 1.29 is 0 Å². The van der Waals surface area contributed by atoms with Crippen molar-refractivity contribution in [2.75, 3.05) is 0 Å². The van der Waals surface area contributed by atoms with E-state index in [9.17, 15) is 0 Å². The Balaban J connectivity index is 2.30. The number of halogens is 1. The van der Waals surface area contributed by atoms with Gasteiger partial charge in [0.05, 0.1) is 0 Å². The molecule has 5 heteroatoms. The first kappa shape index (κ1) is 13.6. The van der Waals surface area contributed by atoms with Crippen LogP contribution in [0.5, 0.6) is 0 Å². The van der Waals surface area contributed by atoms with Crippen molar-refractivity contribution in [3.05, 3.63) is 33.5 Å². The molecule has 0 aliphatic rings. The van der Waals surface area contributed by atoms with Gasteiger partial charge in [-0.25, -0.2) is 0 Å². The van der Waals surface area contributed by atoms with Gasteiger partial charge in [0.2, 0.25) is 5.28 Å². The van der Waals surface area contributed by atoms with Gasteiger partial charge >= 0.3 is 0 Å². The van der Waals surface area contributed by atoms with Crippen LogP contribution in [0.2, 0.25) is 5.28 Å². The lowest BCUT2D eigenvalue weighted by atomic mass is 9.95. The van der Waals surface area contributed by atoms with E-state index in [1.165, 1.54) is 5.56 Å². The summed E-state index contributed by atoms with van der Waals surface area (Å²) in [6.07, 6.45) is 0.949. The maximum Gasteiger partial charge on any atom is 0.225 e. The molecular formula is C13H18ClN3S. The highest BCUT2D eigenvalue weighted by atomic mass is 35.5. The average molecular weight is 284 g/mol. The van der Waals surface area contributed by atoms with Crippen LogP contribution in [-0.2, 0) is 11.8 Å². The van der Waals surface area contributed by atoms with Crippen molar-refractivity contribution in [1.29, 1.82) is 0 Å². The predicted molar refractivity (Wildman–Crippen MR) is 76.5 cm³/mol. The van der Waals surface area contributed by atoms with Crippen LogP contribution in [0.1, 0.15) is 45.1 Å². The Hall–Kier alpha value is -0.870. The predicted octanol–water partition coefficient (Wildman–Crippen LogP) is 4.09. The SMILES string of the molecule is CC(Cc1ccsc1)n1c(Cl)nnc1C(C)(C)C. The van der Waals surface area contributed by atoms with E-state index >= 15 is 0 Å². The minimum Gasteiger partial charge on any atom is -0.298 e. The van der Waals surface area contributed by atoms with E-state index in [-0.39, 0.29) is 11.5 Å².